The van der Waals surface area contributed by atoms with Gasteiger partial charge in [0.15, 0.2) is 0 Å². The van der Waals surface area contributed by atoms with E-state index in [0.717, 1.165) is 29.6 Å². The van der Waals surface area contributed by atoms with E-state index in [-0.39, 0.29) is 0 Å². The van der Waals surface area contributed by atoms with Crippen molar-refractivity contribution >= 4 is 0 Å². The lowest BCUT2D eigenvalue weighted by Crippen LogP contribution is -2.31. The number of hydrogen-bond acceptors (Lipinski definition) is 0. The van der Waals surface area contributed by atoms with Crippen molar-refractivity contribution in [3.8, 4) is 0 Å². The monoisotopic (exact) mass is 220 g/mol. The second-order valence-electron chi connectivity index (χ2n) is 8.10. The minimum Gasteiger partial charge on any atom is -0.0602 e. The molecular weight excluding hydrogens is 192 g/mol. The van der Waals surface area contributed by atoms with Crippen molar-refractivity contribution in [2.75, 3.05) is 0 Å². The molecule has 16 heavy (non-hydrogen) atoms. The molecule has 5 unspecified atom stereocenters. The molecule has 0 radical (unpaired) electrons. The molecule has 2 bridgehead atoms. The SMILES string of the molecule is CC(C)(C)CC1CCC2C3CCC(C3)C2C1. The summed E-state index contributed by atoms with van der Waals surface area (Å²) in [6.45, 7) is 7.25. The Morgan fingerprint density at radius 2 is 1.50 bits per heavy atom. The molecule has 3 aliphatic carbocycles. The summed E-state index contributed by atoms with van der Waals surface area (Å²) in [5, 5.41) is 0. The average molecular weight is 220 g/mol. The summed E-state index contributed by atoms with van der Waals surface area (Å²) in [5.41, 5.74) is 0.551. The second kappa shape index (κ2) is 3.75. The quantitative estimate of drug-likeness (QED) is 0.590. The summed E-state index contributed by atoms with van der Waals surface area (Å²) in [5.74, 6) is 5.68. The minimum atomic E-state index is 0.551. The summed E-state index contributed by atoms with van der Waals surface area (Å²) >= 11 is 0. The summed E-state index contributed by atoms with van der Waals surface area (Å²) < 4.78 is 0. The average Bonchev–Trinajstić information content (AvgIpc) is 2.75. The van der Waals surface area contributed by atoms with Gasteiger partial charge in [-0.3, -0.25) is 0 Å². The fourth-order valence-electron chi connectivity index (χ4n) is 5.33. The van der Waals surface area contributed by atoms with Crippen LogP contribution in [0.4, 0.5) is 0 Å². The Morgan fingerprint density at radius 3 is 2.19 bits per heavy atom. The van der Waals surface area contributed by atoms with E-state index in [2.05, 4.69) is 20.8 Å². The van der Waals surface area contributed by atoms with Crippen molar-refractivity contribution in [2.45, 2.75) is 65.7 Å². The molecular formula is C16H28. The molecule has 0 heteroatoms. The number of fused-ring (bicyclic) bond motifs is 5. The van der Waals surface area contributed by atoms with Crippen LogP contribution in [0.25, 0.3) is 0 Å². The molecule has 92 valence electrons. The van der Waals surface area contributed by atoms with Crippen molar-refractivity contribution in [3.05, 3.63) is 0 Å². The third-order valence-corrected chi connectivity index (χ3v) is 5.69. The molecule has 3 saturated carbocycles. The first-order valence-corrected chi connectivity index (χ1v) is 7.53. The third-order valence-electron chi connectivity index (χ3n) is 5.69. The van der Waals surface area contributed by atoms with Crippen LogP contribution < -0.4 is 0 Å². The summed E-state index contributed by atoms with van der Waals surface area (Å²) in [6, 6.07) is 0. The van der Waals surface area contributed by atoms with E-state index in [4.69, 9.17) is 0 Å². The number of rotatable bonds is 1. The Hall–Kier alpha value is 0. The van der Waals surface area contributed by atoms with Crippen LogP contribution >= 0.6 is 0 Å². The molecule has 0 spiro atoms. The lowest BCUT2D eigenvalue weighted by molar-refractivity contribution is 0.0981. The van der Waals surface area contributed by atoms with Crippen LogP contribution in [0.5, 0.6) is 0 Å². The van der Waals surface area contributed by atoms with Gasteiger partial charge in [-0.1, -0.05) is 27.2 Å². The van der Waals surface area contributed by atoms with Gasteiger partial charge < -0.3 is 0 Å². The number of hydrogen-bond donors (Lipinski definition) is 0. The maximum absolute atomic E-state index is 2.42. The van der Waals surface area contributed by atoms with E-state index in [1.807, 2.05) is 0 Å². The molecule has 0 aromatic heterocycles. The van der Waals surface area contributed by atoms with Gasteiger partial charge in [0.25, 0.3) is 0 Å². The topological polar surface area (TPSA) is 0 Å². The molecule has 0 amide bonds. The first-order valence-electron chi connectivity index (χ1n) is 7.53. The van der Waals surface area contributed by atoms with E-state index in [9.17, 15) is 0 Å². The van der Waals surface area contributed by atoms with Crippen molar-refractivity contribution in [3.63, 3.8) is 0 Å². The van der Waals surface area contributed by atoms with Gasteiger partial charge in [-0.2, -0.15) is 0 Å². The van der Waals surface area contributed by atoms with Gasteiger partial charge in [-0.15, -0.1) is 0 Å². The van der Waals surface area contributed by atoms with E-state index >= 15 is 0 Å². The highest BCUT2D eigenvalue weighted by atomic mass is 14.5. The Morgan fingerprint density at radius 1 is 0.812 bits per heavy atom. The smallest absolute Gasteiger partial charge is 0.0352 e. The van der Waals surface area contributed by atoms with Gasteiger partial charge in [0.1, 0.15) is 0 Å². The van der Waals surface area contributed by atoms with Crippen molar-refractivity contribution in [2.24, 2.45) is 35.0 Å². The summed E-state index contributed by atoms with van der Waals surface area (Å²) in [7, 11) is 0. The van der Waals surface area contributed by atoms with Crippen LogP contribution in [0.2, 0.25) is 0 Å². The summed E-state index contributed by atoms with van der Waals surface area (Å²) in [4.78, 5) is 0. The highest BCUT2D eigenvalue weighted by Crippen LogP contribution is 2.59. The van der Waals surface area contributed by atoms with Crippen molar-refractivity contribution in [1.29, 1.82) is 0 Å². The van der Waals surface area contributed by atoms with Crippen LogP contribution in [-0.2, 0) is 0 Å². The molecule has 0 saturated heterocycles. The largest absolute Gasteiger partial charge is 0.0602 e. The fraction of sp³-hybridized carbons (Fsp3) is 1.00. The van der Waals surface area contributed by atoms with Crippen LogP contribution in [0.1, 0.15) is 65.7 Å². The van der Waals surface area contributed by atoms with Crippen LogP contribution in [0.15, 0.2) is 0 Å². The molecule has 0 nitrogen and oxygen atoms in total. The van der Waals surface area contributed by atoms with E-state index in [0.29, 0.717) is 5.41 Å². The molecule has 0 heterocycles. The van der Waals surface area contributed by atoms with Gasteiger partial charge in [-0.25, -0.2) is 0 Å². The van der Waals surface area contributed by atoms with Crippen molar-refractivity contribution in [1.82, 2.24) is 0 Å². The third kappa shape index (κ3) is 1.93. The van der Waals surface area contributed by atoms with Crippen molar-refractivity contribution < 1.29 is 0 Å². The van der Waals surface area contributed by atoms with Gasteiger partial charge in [0.05, 0.1) is 0 Å². The van der Waals surface area contributed by atoms with Crippen LogP contribution in [-0.4, -0.2) is 0 Å². The molecule has 0 N–H and O–H groups in total. The minimum absolute atomic E-state index is 0.551. The predicted octanol–water partition coefficient (Wildman–Crippen LogP) is 4.89. The van der Waals surface area contributed by atoms with Crippen LogP contribution in [0, 0.1) is 35.0 Å². The lowest BCUT2D eigenvalue weighted by Gasteiger charge is -2.40. The fourth-order valence-corrected chi connectivity index (χ4v) is 5.33. The molecule has 5 atom stereocenters. The van der Waals surface area contributed by atoms with E-state index < -0.39 is 0 Å². The van der Waals surface area contributed by atoms with E-state index in [1.54, 1.807) is 38.5 Å². The summed E-state index contributed by atoms with van der Waals surface area (Å²) in [6.07, 6.45) is 10.9. The Kier molecular flexibility index (Phi) is 2.60. The molecule has 0 aromatic carbocycles. The zero-order chi connectivity index (χ0) is 11.3. The first kappa shape index (κ1) is 11.1. The maximum atomic E-state index is 2.42. The molecule has 0 aliphatic heterocycles. The molecule has 0 aromatic rings. The predicted molar refractivity (Wildman–Crippen MR) is 69.2 cm³/mol. The van der Waals surface area contributed by atoms with Gasteiger partial charge in [-0.05, 0) is 73.5 Å². The van der Waals surface area contributed by atoms with Gasteiger partial charge in [0, 0.05) is 0 Å². The molecule has 3 fully saturated rings. The highest BCUT2D eigenvalue weighted by molar-refractivity contribution is 4.99. The van der Waals surface area contributed by atoms with Gasteiger partial charge >= 0.3 is 0 Å². The van der Waals surface area contributed by atoms with Crippen LogP contribution in [0.3, 0.4) is 0 Å². The zero-order valence-corrected chi connectivity index (χ0v) is 11.3. The van der Waals surface area contributed by atoms with E-state index in [1.165, 1.54) is 6.42 Å². The Balaban J connectivity index is 1.63. The second-order valence-corrected chi connectivity index (χ2v) is 8.10. The standard InChI is InChI=1S/C16H28/c1-16(2,3)10-11-4-7-14-12-5-6-13(9-12)15(14)8-11/h11-15H,4-10H2,1-3H3. The Labute approximate surface area is 101 Å². The lowest BCUT2D eigenvalue weighted by atomic mass is 9.65. The maximum Gasteiger partial charge on any atom is -0.0352 e. The first-order chi connectivity index (χ1) is 7.53. The molecule has 3 aliphatic rings. The highest BCUT2D eigenvalue weighted by Gasteiger charge is 2.49. The zero-order valence-electron chi connectivity index (χ0n) is 11.3. The Bertz CT molecular complexity index is 260. The molecule has 3 rings (SSSR count). The normalized spacial score (nSPS) is 47.1. The van der Waals surface area contributed by atoms with Gasteiger partial charge in [0.2, 0.25) is 0 Å².